The van der Waals surface area contributed by atoms with Crippen LogP contribution < -0.4 is 0 Å². The Morgan fingerprint density at radius 1 is 1.53 bits per heavy atom. The standard InChI is InChI=1S/C16H19NO2/c1-12-9-15(12)11-17(2)16(19)14-7-3-5-13(10-14)6-4-8-18/h3,5,7,10,12,15,18H,8-9,11H2,1-2H3. The van der Waals surface area contributed by atoms with E-state index in [1.54, 1.807) is 17.0 Å². The number of hydrogen-bond donors (Lipinski definition) is 1. The number of rotatable bonds is 3. The van der Waals surface area contributed by atoms with Gasteiger partial charge in [0.2, 0.25) is 0 Å². The summed E-state index contributed by atoms with van der Waals surface area (Å²) in [6.45, 7) is 2.87. The molecule has 19 heavy (non-hydrogen) atoms. The van der Waals surface area contributed by atoms with E-state index in [0.717, 1.165) is 18.0 Å². The molecule has 1 fully saturated rings. The second-order valence-electron chi connectivity index (χ2n) is 5.20. The lowest BCUT2D eigenvalue weighted by molar-refractivity contribution is 0.0787. The minimum absolute atomic E-state index is 0.0340. The molecule has 1 aliphatic rings. The first-order valence-electron chi connectivity index (χ1n) is 6.57. The number of nitrogens with zero attached hydrogens (tertiary/aromatic N) is 1. The van der Waals surface area contributed by atoms with Crippen LogP contribution in [-0.2, 0) is 0 Å². The van der Waals surface area contributed by atoms with Crippen LogP contribution in [0.15, 0.2) is 24.3 Å². The molecule has 1 N–H and O–H groups in total. The maximum atomic E-state index is 12.3. The van der Waals surface area contributed by atoms with Crippen molar-refractivity contribution in [1.29, 1.82) is 0 Å². The van der Waals surface area contributed by atoms with Crippen LogP contribution in [0, 0.1) is 23.7 Å². The second kappa shape index (κ2) is 5.90. The van der Waals surface area contributed by atoms with Gasteiger partial charge in [0.05, 0.1) is 0 Å². The fourth-order valence-corrected chi connectivity index (χ4v) is 2.18. The summed E-state index contributed by atoms with van der Waals surface area (Å²) in [5.74, 6) is 6.85. The maximum Gasteiger partial charge on any atom is 0.253 e. The SMILES string of the molecule is CC1CC1CN(C)C(=O)c1cccc(C#CCO)c1. The molecule has 1 aromatic carbocycles. The molecular weight excluding hydrogens is 238 g/mol. The number of amides is 1. The first-order chi connectivity index (χ1) is 9.11. The van der Waals surface area contributed by atoms with E-state index < -0.39 is 0 Å². The molecular formula is C16H19NO2. The molecule has 0 saturated heterocycles. The van der Waals surface area contributed by atoms with Gasteiger partial charge in [-0.25, -0.2) is 0 Å². The van der Waals surface area contributed by atoms with Gasteiger partial charge in [-0.2, -0.15) is 0 Å². The number of benzene rings is 1. The van der Waals surface area contributed by atoms with E-state index in [1.807, 2.05) is 19.2 Å². The molecule has 100 valence electrons. The molecule has 0 radical (unpaired) electrons. The normalized spacial score (nSPS) is 20.4. The van der Waals surface area contributed by atoms with E-state index in [4.69, 9.17) is 5.11 Å². The molecule has 0 bridgehead atoms. The average Bonchev–Trinajstić information content (AvgIpc) is 3.11. The molecule has 0 spiro atoms. The summed E-state index contributed by atoms with van der Waals surface area (Å²) in [5, 5.41) is 8.68. The topological polar surface area (TPSA) is 40.5 Å². The third kappa shape index (κ3) is 3.59. The van der Waals surface area contributed by atoms with Gasteiger partial charge in [-0.3, -0.25) is 4.79 Å². The lowest BCUT2D eigenvalue weighted by Gasteiger charge is -2.17. The van der Waals surface area contributed by atoms with Crippen LogP contribution in [-0.4, -0.2) is 36.1 Å². The molecule has 0 heterocycles. The third-order valence-corrected chi connectivity index (χ3v) is 3.55. The number of aliphatic hydroxyl groups excluding tert-OH is 1. The van der Waals surface area contributed by atoms with Gasteiger partial charge < -0.3 is 10.0 Å². The molecule has 0 aliphatic heterocycles. The van der Waals surface area contributed by atoms with Gasteiger partial charge in [0.15, 0.2) is 0 Å². The Kier molecular flexibility index (Phi) is 4.24. The summed E-state index contributed by atoms with van der Waals surface area (Å²) < 4.78 is 0. The first-order valence-corrected chi connectivity index (χ1v) is 6.57. The van der Waals surface area contributed by atoms with Gasteiger partial charge >= 0.3 is 0 Å². The Morgan fingerprint density at radius 2 is 2.26 bits per heavy atom. The van der Waals surface area contributed by atoms with E-state index in [9.17, 15) is 4.79 Å². The quantitative estimate of drug-likeness (QED) is 0.838. The van der Waals surface area contributed by atoms with Crippen molar-refractivity contribution >= 4 is 5.91 Å². The van der Waals surface area contributed by atoms with Crippen LogP contribution >= 0.6 is 0 Å². The monoisotopic (exact) mass is 257 g/mol. The van der Waals surface area contributed by atoms with Crippen LogP contribution in [0.4, 0.5) is 0 Å². The predicted octanol–water partition coefficient (Wildman–Crippen LogP) is 1.76. The zero-order valence-electron chi connectivity index (χ0n) is 11.4. The summed E-state index contributed by atoms with van der Waals surface area (Å²) in [5.41, 5.74) is 1.41. The van der Waals surface area contributed by atoms with Gasteiger partial charge in [0.1, 0.15) is 6.61 Å². The van der Waals surface area contributed by atoms with E-state index in [-0.39, 0.29) is 12.5 Å². The molecule has 2 rings (SSSR count). The lowest BCUT2D eigenvalue weighted by Crippen LogP contribution is -2.29. The second-order valence-corrected chi connectivity index (χ2v) is 5.20. The van der Waals surface area contributed by atoms with Gasteiger partial charge in [0.25, 0.3) is 5.91 Å². The number of carbonyl (C=O) groups excluding carboxylic acids is 1. The van der Waals surface area contributed by atoms with E-state index in [0.29, 0.717) is 11.5 Å². The fraction of sp³-hybridized carbons (Fsp3) is 0.438. The minimum Gasteiger partial charge on any atom is -0.384 e. The van der Waals surface area contributed by atoms with Crippen molar-refractivity contribution in [1.82, 2.24) is 4.90 Å². The van der Waals surface area contributed by atoms with Crippen molar-refractivity contribution < 1.29 is 9.90 Å². The molecule has 1 saturated carbocycles. The first kappa shape index (κ1) is 13.6. The molecule has 1 aromatic rings. The summed E-state index contributed by atoms with van der Waals surface area (Å²) in [6, 6.07) is 7.24. The highest BCUT2D eigenvalue weighted by molar-refractivity contribution is 5.94. The Balaban J connectivity index is 2.05. The van der Waals surface area contributed by atoms with Gasteiger partial charge in [0, 0.05) is 24.7 Å². The van der Waals surface area contributed by atoms with Crippen molar-refractivity contribution in [3.05, 3.63) is 35.4 Å². The van der Waals surface area contributed by atoms with Crippen molar-refractivity contribution in [3.63, 3.8) is 0 Å². The van der Waals surface area contributed by atoms with Crippen LogP contribution in [0.1, 0.15) is 29.3 Å². The molecule has 0 aromatic heterocycles. The average molecular weight is 257 g/mol. The smallest absolute Gasteiger partial charge is 0.253 e. The summed E-state index contributed by atoms with van der Waals surface area (Å²) >= 11 is 0. The molecule has 2 unspecified atom stereocenters. The number of hydrogen-bond acceptors (Lipinski definition) is 2. The molecule has 3 heteroatoms. The maximum absolute atomic E-state index is 12.3. The van der Waals surface area contributed by atoms with Crippen molar-refractivity contribution in [2.75, 3.05) is 20.2 Å². The molecule has 3 nitrogen and oxygen atoms in total. The van der Waals surface area contributed by atoms with E-state index >= 15 is 0 Å². The van der Waals surface area contributed by atoms with Crippen LogP contribution in [0.3, 0.4) is 0 Å². The summed E-state index contributed by atoms with van der Waals surface area (Å²) in [4.78, 5) is 14.1. The Hall–Kier alpha value is -1.79. The zero-order chi connectivity index (χ0) is 13.8. The third-order valence-electron chi connectivity index (χ3n) is 3.55. The van der Waals surface area contributed by atoms with Crippen LogP contribution in [0.25, 0.3) is 0 Å². The molecule has 2 atom stereocenters. The van der Waals surface area contributed by atoms with Crippen molar-refractivity contribution in [3.8, 4) is 11.8 Å². The van der Waals surface area contributed by atoms with E-state index in [2.05, 4.69) is 18.8 Å². The Morgan fingerprint density at radius 3 is 2.89 bits per heavy atom. The highest BCUT2D eigenvalue weighted by Gasteiger charge is 2.34. The van der Waals surface area contributed by atoms with Gasteiger partial charge in [-0.05, 0) is 36.5 Å². The highest BCUT2D eigenvalue weighted by Crippen LogP contribution is 2.38. The lowest BCUT2D eigenvalue weighted by atomic mass is 10.1. The zero-order valence-corrected chi connectivity index (χ0v) is 11.4. The fourth-order valence-electron chi connectivity index (χ4n) is 2.18. The number of carbonyl (C=O) groups is 1. The van der Waals surface area contributed by atoms with Crippen molar-refractivity contribution in [2.24, 2.45) is 11.8 Å². The molecule has 1 amide bonds. The van der Waals surface area contributed by atoms with Crippen LogP contribution in [0.2, 0.25) is 0 Å². The van der Waals surface area contributed by atoms with Gasteiger partial charge in [-0.1, -0.05) is 24.8 Å². The van der Waals surface area contributed by atoms with E-state index in [1.165, 1.54) is 6.42 Å². The van der Waals surface area contributed by atoms with Gasteiger partial charge in [-0.15, -0.1) is 0 Å². The number of aliphatic hydroxyl groups is 1. The highest BCUT2D eigenvalue weighted by atomic mass is 16.2. The Bertz CT molecular complexity index is 527. The van der Waals surface area contributed by atoms with Crippen molar-refractivity contribution in [2.45, 2.75) is 13.3 Å². The largest absolute Gasteiger partial charge is 0.384 e. The summed E-state index contributed by atoms with van der Waals surface area (Å²) in [7, 11) is 1.85. The predicted molar refractivity (Wildman–Crippen MR) is 74.6 cm³/mol. The van der Waals surface area contributed by atoms with Crippen LogP contribution in [0.5, 0.6) is 0 Å². The Labute approximate surface area is 114 Å². The minimum atomic E-state index is -0.169. The summed E-state index contributed by atoms with van der Waals surface area (Å²) in [6.07, 6.45) is 1.22. The molecule has 1 aliphatic carbocycles.